The molecule has 0 saturated carbocycles. The zero-order valence-electron chi connectivity index (χ0n) is 13.5. The smallest absolute Gasteiger partial charge is 0.0602 e. The number of aliphatic hydroxyl groups is 1. The summed E-state index contributed by atoms with van der Waals surface area (Å²) in [6.07, 6.45) is 3.79. The van der Waals surface area contributed by atoms with E-state index < -0.39 is 0 Å². The number of aliphatic hydroxyl groups excluding tert-OH is 1. The van der Waals surface area contributed by atoms with Crippen molar-refractivity contribution in [2.24, 2.45) is 23.0 Å². The van der Waals surface area contributed by atoms with Crippen molar-refractivity contribution in [2.75, 3.05) is 19.7 Å². The minimum atomic E-state index is 0.0214. The minimum Gasteiger partial charge on any atom is -0.395 e. The number of rotatable bonds is 4. The zero-order chi connectivity index (χ0) is 14.6. The summed E-state index contributed by atoms with van der Waals surface area (Å²) in [6, 6.07) is 0.124. The summed E-state index contributed by atoms with van der Waals surface area (Å²) in [6.45, 7) is 13.5. The van der Waals surface area contributed by atoms with Crippen molar-refractivity contribution in [1.29, 1.82) is 0 Å². The summed E-state index contributed by atoms with van der Waals surface area (Å²) in [4.78, 5) is 2.43. The molecule has 0 amide bonds. The Balaban J connectivity index is 2.67. The maximum absolute atomic E-state index is 9.76. The van der Waals surface area contributed by atoms with E-state index in [1.165, 1.54) is 19.3 Å². The molecule has 3 atom stereocenters. The highest BCUT2D eigenvalue weighted by Gasteiger charge is 2.33. The lowest BCUT2D eigenvalue weighted by Gasteiger charge is -2.40. The maximum atomic E-state index is 9.76. The van der Waals surface area contributed by atoms with Crippen molar-refractivity contribution < 1.29 is 5.11 Å². The van der Waals surface area contributed by atoms with Gasteiger partial charge in [-0.2, -0.15) is 0 Å². The van der Waals surface area contributed by atoms with E-state index in [1.807, 2.05) is 0 Å². The molecule has 3 N–H and O–H groups in total. The predicted octanol–water partition coefficient (Wildman–Crippen LogP) is 2.48. The van der Waals surface area contributed by atoms with Crippen molar-refractivity contribution in [3.05, 3.63) is 0 Å². The van der Waals surface area contributed by atoms with Gasteiger partial charge in [-0.05, 0) is 49.6 Å². The van der Waals surface area contributed by atoms with Gasteiger partial charge in [-0.1, -0.05) is 34.6 Å². The number of likely N-dealkylation sites (tertiary alicyclic amines) is 1. The van der Waals surface area contributed by atoms with E-state index in [9.17, 15) is 5.11 Å². The topological polar surface area (TPSA) is 49.5 Å². The van der Waals surface area contributed by atoms with Crippen LogP contribution in [0.3, 0.4) is 0 Å². The Bertz CT molecular complexity index is 260. The molecule has 0 spiro atoms. The lowest BCUT2D eigenvalue weighted by Crippen LogP contribution is -2.55. The molecule has 1 aliphatic rings. The second-order valence-corrected chi connectivity index (χ2v) is 7.61. The van der Waals surface area contributed by atoms with Crippen molar-refractivity contribution >= 4 is 0 Å². The second-order valence-electron chi connectivity index (χ2n) is 7.61. The van der Waals surface area contributed by atoms with Gasteiger partial charge in [0.05, 0.1) is 6.61 Å². The van der Waals surface area contributed by atoms with Crippen LogP contribution < -0.4 is 5.73 Å². The van der Waals surface area contributed by atoms with Gasteiger partial charge in [-0.25, -0.2) is 0 Å². The van der Waals surface area contributed by atoms with Crippen molar-refractivity contribution in [1.82, 2.24) is 4.90 Å². The van der Waals surface area contributed by atoms with Gasteiger partial charge in [0, 0.05) is 12.1 Å². The second kappa shape index (κ2) is 7.05. The van der Waals surface area contributed by atoms with Crippen LogP contribution in [-0.2, 0) is 0 Å². The van der Waals surface area contributed by atoms with Gasteiger partial charge in [0.2, 0.25) is 0 Å². The van der Waals surface area contributed by atoms with Gasteiger partial charge < -0.3 is 10.8 Å². The summed E-state index contributed by atoms with van der Waals surface area (Å²) < 4.78 is 0. The van der Waals surface area contributed by atoms with E-state index in [-0.39, 0.29) is 24.1 Å². The largest absolute Gasteiger partial charge is 0.395 e. The van der Waals surface area contributed by atoms with Gasteiger partial charge in [-0.15, -0.1) is 0 Å². The Kier molecular flexibility index (Phi) is 6.28. The molecule has 1 aliphatic heterocycles. The molecule has 1 fully saturated rings. The van der Waals surface area contributed by atoms with E-state index in [2.05, 4.69) is 39.5 Å². The van der Waals surface area contributed by atoms with Crippen LogP contribution in [0.4, 0.5) is 0 Å². The highest BCUT2D eigenvalue weighted by Crippen LogP contribution is 2.28. The van der Waals surface area contributed by atoms with Crippen molar-refractivity contribution in [3.63, 3.8) is 0 Å². The third-order valence-electron chi connectivity index (χ3n) is 4.82. The Labute approximate surface area is 119 Å². The first-order valence-electron chi connectivity index (χ1n) is 7.88. The predicted molar refractivity (Wildman–Crippen MR) is 82.1 cm³/mol. The van der Waals surface area contributed by atoms with E-state index >= 15 is 0 Å². The Morgan fingerprint density at radius 1 is 1.21 bits per heavy atom. The quantitative estimate of drug-likeness (QED) is 0.825. The molecule has 0 radical (unpaired) electrons. The fraction of sp³-hybridized carbons (Fsp3) is 1.00. The van der Waals surface area contributed by atoms with Gasteiger partial charge in [0.25, 0.3) is 0 Å². The summed E-state index contributed by atoms with van der Waals surface area (Å²) in [7, 11) is 0. The molecule has 0 aromatic carbocycles. The van der Waals surface area contributed by atoms with E-state index in [0.29, 0.717) is 0 Å². The first-order chi connectivity index (χ1) is 8.77. The molecule has 114 valence electrons. The van der Waals surface area contributed by atoms with Crippen LogP contribution in [0, 0.1) is 17.3 Å². The van der Waals surface area contributed by atoms with E-state index in [0.717, 1.165) is 24.9 Å². The Morgan fingerprint density at radius 3 is 2.32 bits per heavy atom. The lowest BCUT2D eigenvalue weighted by molar-refractivity contribution is 0.0719. The number of nitrogens with two attached hydrogens (primary N) is 1. The van der Waals surface area contributed by atoms with Crippen LogP contribution in [0.25, 0.3) is 0 Å². The Morgan fingerprint density at radius 2 is 1.84 bits per heavy atom. The SMILES string of the molecule is CC(C)C1CCCN(C(CO)C(N)C(C)(C)C)CC1. The Hall–Kier alpha value is -0.120. The van der Waals surface area contributed by atoms with Crippen LogP contribution >= 0.6 is 0 Å². The molecule has 19 heavy (non-hydrogen) atoms. The average Bonchev–Trinajstić information content (AvgIpc) is 2.54. The molecule has 0 aromatic heterocycles. The fourth-order valence-corrected chi connectivity index (χ4v) is 3.18. The van der Waals surface area contributed by atoms with Crippen molar-refractivity contribution in [3.8, 4) is 0 Å². The van der Waals surface area contributed by atoms with Gasteiger partial charge in [0.15, 0.2) is 0 Å². The number of hydrogen-bond donors (Lipinski definition) is 2. The summed E-state index contributed by atoms with van der Waals surface area (Å²) in [5.41, 5.74) is 6.42. The minimum absolute atomic E-state index is 0.0214. The molecular formula is C16H34N2O. The molecule has 0 aliphatic carbocycles. The zero-order valence-corrected chi connectivity index (χ0v) is 13.5. The van der Waals surface area contributed by atoms with Crippen LogP contribution in [0.15, 0.2) is 0 Å². The average molecular weight is 270 g/mol. The normalized spacial score (nSPS) is 26.2. The molecule has 3 unspecified atom stereocenters. The van der Waals surface area contributed by atoms with Crippen LogP contribution in [0.2, 0.25) is 0 Å². The first kappa shape index (κ1) is 16.9. The highest BCUT2D eigenvalue weighted by molar-refractivity contribution is 4.91. The summed E-state index contributed by atoms with van der Waals surface area (Å²) in [5, 5.41) is 9.76. The molecule has 1 heterocycles. The van der Waals surface area contributed by atoms with Gasteiger partial charge in [-0.3, -0.25) is 4.90 Å². The summed E-state index contributed by atoms with van der Waals surface area (Å²) in [5.74, 6) is 1.60. The third kappa shape index (κ3) is 4.73. The monoisotopic (exact) mass is 270 g/mol. The molecule has 1 rings (SSSR count). The molecule has 0 aromatic rings. The van der Waals surface area contributed by atoms with Crippen LogP contribution in [-0.4, -0.2) is 41.8 Å². The first-order valence-corrected chi connectivity index (χ1v) is 7.88. The maximum Gasteiger partial charge on any atom is 0.0602 e. The third-order valence-corrected chi connectivity index (χ3v) is 4.82. The molecule has 3 nitrogen and oxygen atoms in total. The number of nitrogens with zero attached hydrogens (tertiary/aromatic N) is 1. The number of hydrogen-bond acceptors (Lipinski definition) is 3. The highest BCUT2D eigenvalue weighted by atomic mass is 16.3. The van der Waals surface area contributed by atoms with Crippen molar-refractivity contribution in [2.45, 2.75) is 66.0 Å². The van der Waals surface area contributed by atoms with Crippen LogP contribution in [0.1, 0.15) is 53.9 Å². The standard InChI is InChI=1S/C16H34N2O/c1-12(2)13-7-6-9-18(10-8-13)14(11-19)15(17)16(3,4)5/h12-15,19H,6-11,17H2,1-5H3. The fourth-order valence-electron chi connectivity index (χ4n) is 3.18. The summed E-state index contributed by atoms with van der Waals surface area (Å²) >= 11 is 0. The van der Waals surface area contributed by atoms with E-state index in [1.54, 1.807) is 0 Å². The van der Waals surface area contributed by atoms with E-state index in [4.69, 9.17) is 5.73 Å². The molecule has 0 bridgehead atoms. The van der Waals surface area contributed by atoms with Gasteiger partial charge in [0.1, 0.15) is 0 Å². The molecular weight excluding hydrogens is 236 g/mol. The molecule has 3 heteroatoms. The van der Waals surface area contributed by atoms with Crippen LogP contribution in [0.5, 0.6) is 0 Å². The van der Waals surface area contributed by atoms with Gasteiger partial charge >= 0.3 is 0 Å². The lowest BCUT2D eigenvalue weighted by atomic mass is 9.82. The molecule has 1 saturated heterocycles.